The fraction of sp³-hybridized carbons (Fsp3) is 0.344. The number of carbonyl (C=O) groups excluding carboxylic acids is 4. The third kappa shape index (κ3) is 9.00. The average Bonchev–Trinajstić information content (AvgIpc) is 3.05. The van der Waals surface area contributed by atoms with Gasteiger partial charge in [-0.2, -0.15) is 5.10 Å². The molecule has 0 aliphatic heterocycles. The lowest BCUT2D eigenvalue weighted by Gasteiger charge is -2.27. The zero-order valence-corrected chi connectivity index (χ0v) is 26.3. The summed E-state index contributed by atoms with van der Waals surface area (Å²) in [5.74, 6) is -2.64. The summed E-state index contributed by atoms with van der Waals surface area (Å²) in [5, 5.41) is 17.5. The Balaban J connectivity index is 0.00000576. The molecule has 4 rings (SSSR count). The maximum Gasteiger partial charge on any atom is 0.328 e. The third-order valence-corrected chi connectivity index (χ3v) is 7.70. The summed E-state index contributed by atoms with van der Waals surface area (Å²) in [5.41, 5.74) is 6.55. The Bertz CT molecular complexity index is 1620. The number of nitrogen functional groups attached to an aromatic ring is 1. The van der Waals surface area contributed by atoms with Crippen molar-refractivity contribution in [3.05, 3.63) is 87.7 Å². The first-order valence-electron chi connectivity index (χ1n) is 14.5. The molecule has 1 heterocycles. The van der Waals surface area contributed by atoms with Gasteiger partial charge in [0.15, 0.2) is 0 Å². The standard InChI is InChI=1S/C32H36N6O7.ClH/c1-44-31(42)22-12-14-23(15-13-22)35-29(40)24-17-25(20-8-10-21(11-9-20)28(33)34)37-38(30(24)41)18-27(39)36-26(32(43)45-2)16-19-6-4-3-5-7-19;/h3-11,17,22-23,26H,12-16,18H2,1-2H3,(H3,33,34)(H,35,40)(H,36,39);1H. The van der Waals surface area contributed by atoms with Crippen LogP contribution in [-0.2, 0) is 36.8 Å². The van der Waals surface area contributed by atoms with E-state index in [-0.39, 0.29) is 53.8 Å². The molecule has 46 heavy (non-hydrogen) atoms. The van der Waals surface area contributed by atoms with E-state index >= 15 is 0 Å². The van der Waals surface area contributed by atoms with Gasteiger partial charge in [0.25, 0.3) is 11.5 Å². The van der Waals surface area contributed by atoms with Crippen LogP contribution in [0.3, 0.4) is 0 Å². The number of amides is 2. The predicted molar refractivity (Wildman–Crippen MR) is 172 cm³/mol. The summed E-state index contributed by atoms with van der Waals surface area (Å²) in [7, 11) is 2.56. The molecule has 1 saturated carbocycles. The van der Waals surface area contributed by atoms with Crippen molar-refractivity contribution < 1.29 is 28.7 Å². The normalized spacial score (nSPS) is 16.2. The van der Waals surface area contributed by atoms with Gasteiger partial charge in [-0.05, 0) is 37.3 Å². The number of hydrogen-bond acceptors (Lipinski definition) is 9. The molecule has 1 aromatic heterocycles. The van der Waals surface area contributed by atoms with Crippen molar-refractivity contribution in [2.45, 2.75) is 50.7 Å². The number of nitrogens with two attached hydrogens (primary N) is 1. The van der Waals surface area contributed by atoms with Gasteiger partial charge in [0.2, 0.25) is 5.91 Å². The molecular formula is C32H37ClN6O7. The van der Waals surface area contributed by atoms with Crippen LogP contribution in [0.4, 0.5) is 0 Å². The van der Waals surface area contributed by atoms with E-state index in [1.165, 1.54) is 20.3 Å². The summed E-state index contributed by atoms with van der Waals surface area (Å²) in [6.07, 6.45) is 2.30. The highest BCUT2D eigenvalue weighted by Crippen LogP contribution is 2.25. The maximum absolute atomic E-state index is 13.5. The monoisotopic (exact) mass is 652 g/mol. The van der Waals surface area contributed by atoms with E-state index in [9.17, 15) is 24.0 Å². The number of hydrogen-bond donors (Lipinski definition) is 4. The topological polar surface area (TPSA) is 196 Å². The van der Waals surface area contributed by atoms with Gasteiger partial charge in [-0.15, -0.1) is 12.4 Å². The van der Waals surface area contributed by atoms with E-state index in [4.69, 9.17) is 20.6 Å². The van der Waals surface area contributed by atoms with Gasteiger partial charge in [0, 0.05) is 23.6 Å². The molecular weight excluding hydrogens is 616 g/mol. The summed E-state index contributed by atoms with van der Waals surface area (Å²) in [6.45, 7) is -0.578. The fourth-order valence-electron chi connectivity index (χ4n) is 5.24. The average molecular weight is 653 g/mol. The van der Waals surface area contributed by atoms with Gasteiger partial charge < -0.3 is 25.8 Å². The van der Waals surface area contributed by atoms with E-state index in [1.807, 2.05) is 18.2 Å². The van der Waals surface area contributed by atoms with E-state index in [1.54, 1.807) is 36.4 Å². The van der Waals surface area contributed by atoms with Crippen LogP contribution in [-0.4, -0.2) is 65.7 Å². The number of carbonyl (C=O) groups is 4. The molecule has 5 N–H and O–H groups in total. The van der Waals surface area contributed by atoms with Crippen molar-refractivity contribution in [2.24, 2.45) is 11.7 Å². The minimum Gasteiger partial charge on any atom is -0.469 e. The van der Waals surface area contributed by atoms with Crippen LogP contribution in [0.5, 0.6) is 0 Å². The highest BCUT2D eigenvalue weighted by molar-refractivity contribution is 5.96. The number of benzene rings is 2. The fourth-order valence-corrected chi connectivity index (χ4v) is 5.24. The van der Waals surface area contributed by atoms with Gasteiger partial charge in [0.05, 0.1) is 25.8 Å². The van der Waals surface area contributed by atoms with Crippen molar-refractivity contribution in [1.29, 1.82) is 5.41 Å². The van der Waals surface area contributed by atoms with Crippen LogP contribution < -0.4 is 21.9 Å². The lowest BCUT2D eigenvalue weighted by molar-refractivity contribution is -0.146. The molecule has 0 spiro atoms. The zero-order valence-electron chi connectivity index (χ0n) is 25.5. The second kappa shape index (κ2) is 16.3. The Morgan fingerprint density at radius 1 is 1.00 bits per heavy atom. The first-order valence-corrected chi connectivity index (χ1v) is 14.5. The third-order valence-electron chi connectivity index (χ3n) is 7.70. The van der Waals surface area contributed by atoms with E-state index in [0.29, 0.717) is 36.8 Å². The van der Waals surface area contributed by atoms with Crippen LogP contribution in [0.25, 0.3) is 11.3 Å². The lowest BCUT2D eigenvalue weighted by atomic mass is 9.86. The molecule has 1 fully saturated rings. The molecule has 14 heteroatoms. The molecule has 13 nitrogen and oxygen atoms in total. The van der Waals surface area contributed by atoms with Crippen molar-refractivity contribution >= 4 is 42.0 Å². The number of nitrogens with zero attached hydrogens (tertiary/aromatic N) is 2. The van der Waals surface area contributed by atoms with Gasteiger partial charge in [-0.25, -0.2) is 9.48 Å². The summed E-state index contributed by atoms with van der Waals surface area (Å²) < 4.78 is 10.6. The summed E-state index contributed by atoms with van der Waals surface area (Å²) >= 11 is 0. The molecule has 0 radical (unpaired) electrons. The first kappa shape index (κ1) is 35.4. The van der Waals surface area contributed by atoms with Crippen LogP contribution >= 0.6 is 12.4 Å². The van der Waals surface area contributed by atoms with Gasteiger partial charge in [-0.1, -0.05) is 54.6 Å². The van der Waals surface area contributed by atoms with Crippen LogP contribution in [0.15, 0.2) is 65.5 Å². The molecule has 1 aliphatic rings. The van der Waals surface area contributed by atoms with Crippen molar-refractivity contribution in [3.8, 4) is 11.3 Å². The number of nitrogens with one attached hydrogen (secondary N) is 3. The van der Waals surface area contributed by atoms with Crippen LogP contribution in [0.2, 0.25) is 0 Å². The molecule has 2 amide bonds. The van der Waals surface area contributed by atoms with E-state index in [2.05, 4.69) is 15.7 Å². The Morgan fingerprint density at radius 3 is 2.24 bits per heavy atom. The highest BCUT2D eigenvalue weighted by atomic mass is 35.5. The SMILES string of the molecule is COC(=O)C1CCC(NC(=O)c2cc(-c3ccc(C(=N)N)cc3)nn(CC(=O)NC(Cc3ccccc3)C(=O)OC)c2=O)CC1.Cl. The number of rotatable bonds is 11. The summed E-state index contributed by atoms with van der Waals surface area (Å²) in [6, 6.07) is 15.6. The Labute approximate surface area is 271 Å². The number of amidine groups is 1. The molecule has 244 valence electrons. The second-order valence-corrected chi connectivity index (χ2v) is 10.8. The van der Waals surface area contributed by atoms with Gasteiger partial charge in [-0.3, -0.25) is 24.6 Å². The van der Waals surface area contributed by atoms with Gasteiger partial charge >= 0.3 is 11.9 Å². The minimum absolute atomic E-state index is 0. The Kier molecular flexibility index (Phi) is 12.6. The second-order valence-electron chi connectivity index (χ2n) is 10.8. The van der Waals surface area contributed by atoms with E-state index < -0.39 is 35.9 Å². The molecule has 1 atom stereocenters. The van der Waals surface area contributed by atoms with Crippen molar-refractivity contribution in [2.75, 3.05) is 14.2 Å². The van der Waals surface area contributed by atoms with Crippen molar-refractivity contribution in [1.82, 2.24) is 20.4 Å². The Morgan fingerprint density at radius 2 is 1.65 bits per heavy atom. The number of ether oxygens (including phenoxy) is 2. The number of esters is 2. The van der Waals surface area contributed by atoms with Crippen molar-refractivity contribution in [3.63, 3.8) is 0 Å². The highest BCUT2D eigenvalue weighted by Gasteiger charge is 2.29. The first-order chi connectivity index (χ1) is 21.6. The summed E-state index contributed by atoms with van der Waals surface area (Å²) in [4.78, 5) is 64.5. The molecule has 1 aliphatic carbocycles. The van der Waals surface area contributed by atoms with Crippen LogP contribution in [0.1, 0.15) is 47.2 Å². The largest absolute Gasteiger partial charge is 0.469 e. The smallest absolute Gasteiger partial charge is 0.328 e. The van der Waals surface area contributed by atoms with E-state index in [0.717, 1.165) is 10.2 Å². The Hall–Kier alpha value is -5.04. The number of aromatic nitrogens is 2. The van der Waals surface area contributed by atoms with Gasteiger partial charge in [0.1, 0.15) is 24.0 Å². The molecule has 0 bridgehead atoms. The number of halogens is 1. The van der Waals surface area contributed by atoms with Crippen LogP contribution in [0, 0.1) is 11.3 Å². The molecule has 2 aromatic carbocycles. The minimum atomic E-state index is -1.02. The lowest BCUT2D eigenvalue weighted by Crippen LogP contribution is -2.46. The zero-order chi connectivity index (χ0) is 32.5. The quantitative estimate of drug-likeness (QED) is 0.136. The molecule has 1 unspecified atom stereocenters. The number of methoxy groups -OCH3 is 2. The maximum atomic E-state index is 13.5. The molecule has 0 saturated heterocycles. The molecule has 3 aromatic rings. The predicted octanol–water partition coefficient (Wildman–Crippen LogP) is 1.98.